The molecule has 0 aromatic heterocycles. The quantitative estimate of drug-likeness (QED) is 0.118. The summed E-state index contributed by atoms with van der Waals surface area (Å²) < 4.78 is 4.74. The van der Waals surface area contributed by atoms with Gasteiger partial charge in [0.25, 0.3) is 0 Å². The Labute approximate surface area is 192 Å². The maximum Gasteiger partial charge on any atom is 0.321 e. The van der Waals surface area contributed by atoms with Gasteiger partial charge in [0.1, 0.15) is 11.2 Å². The Balaban J connectivity index is 2.38. The third-order valence-electron chi connectivity index (χ3n) is 5.43. The first-order valence-corrected chi connectivity index (χ1v) is 12.1. The monoisotopic (exact) mass is 449 g/mol. The number of carbonyl (C=O) groups excluding carboxylic acids is 2. The van der Waals surface area contributed by atoms with E-state index < -0.39 is 23.3 Å². The first-order chi connectivity index (χ1) is 14.6. The summed E-state index contributed by atoms with van der Waals surface area (Å²) >= 11 is 1.61. The van der Waals surface area contributed by atoms with Crippen molar-refractivity contribution in [1.82, 2.24) is 5.32 Å². The molecule has 1 rings (SSSR count). The van der Waals surface area contributed by atoms with Gasteiger partial charge in [-0.05, 0) is 66.2 Å². The molecule has 1 aliphatic rings. The van der Waals surface area contributed by atoms with E-state index >= 15 is 0 Å². The SMILES string of the molecule is C=C(O)C(CSC/C=C(\C)CC/C=C(\C)CCC=C(C)C)NC(=O)C1(C(=O)OC)CC1. The van der Waals surface area contributed by atoms with Gasteiger partial charge in [-0.1, -0.05) is 41.5 Å². The summed E-state index contributed by atoms with van der Waals surface area (Å²) in [7, 11) is 1.28. The number of methoxy groups -OCH3 is 1. The van der Waals surface area contributed by atoms with E-state index in [0.717, 1.165) is 31.4 Å². The molecule has 31 heavy (non-hydrogen) atoms. The summed E-state index contributed by atoms with van der Waals surface area (Å²) in [5.41, 5.74) is 3.04. The highest BCUT2D eigenvalue weighted by Crippen LogP contribution is 2.47. The predicted molar refractivity (Wildman–Crippen MR) is 130 cm³/mol. The smallest absolute Gasteiger partial charge is 0.321 e. The summed E-state index contributed by atoms with van der Waals surface area (Å²) in [4.78, 5) is 24.3. The fourth-order valence-electron chi connectivity index (χ4n) is 3.09. The van der Waals surface area contributed by atoms with Gasteiger partial charge in [-0.25, -0.2) is 0 Å². The number of ether oxygens (including phenoxy) is 1. The Bertz CT molecular complexity index is 728. The van der Waals surface area contributed by atoms with Crippen molar-refractivity contribution in [2.24, 2.45) is 5.41 Å². The maximum atomic E-state index is 12.5. The minimum atomic E-state index is -1.08. The number of carbonyl (C=O) groups is 2. The molecule has 1 amide bonds. The number of amides is 1. The molecule has 5 nitrogen and oxygen atoms in total. The Morgan fingerprint density at radius 2 is 1.68 bits per heavy atom. The molecule has 0 saturated heterocycles. The molecule has 0 radical (unpaired) electrons. The Morgan fingerprint density at radius 3 is 2.19 bits per heavy atom. The summed E-state index contributed by atoms with van der Waals surface area (Å²) in [6.45, 7) is 12.1. The molecule has 0 aromatic carbocycles. The Hall–Kier alpha value is -1.95. The second-order valence-electron chi connectivity index (χ2n) is 8.59. The lowest BCUT2D eigenvalue weighted by Gasteiger charge is -2.20. The van der Waals surface area contributed by atoms with Crippen LogP contribution in [-0.4, -0.2) is 41.6 Å². The molecule has 1 saturated carbocycles. The third kappa shape index (κ3) is 9.81. The van der Waals surface area contributed by atoms with Crippen LogP contribution in [0.15, 0.2) is 47.3 Å². The molecule has 0 bridgehead atoms. The molecule has 6 heteroatoms. The topological polar surface area (TPSA) is 75.6 Å². The van der Waals surface area contributed by atoms with Crippen LogP contribution in [0.25, 0.3) is 0 Å². The van der Waals surface area contributed by atoms with E-state index in [2.05, 4.69) is 57.8 Å². The minimum absolute atomic E-state index is 0.101. The van der Waals surface area contributed by atoms with Crippen molar-refractivity contribution >= 4 is 23.6 Å². The van der Waals surface area contributed by atoms with Crippen molar-refractivity contribution in [2.45, 2.75) is 72.3 Å². The largest absolute Gasteiger partial charge is 0.511 e. The first kappa shape index (κ1) is 27.1. The van der Waals surface area contributed by atoms with Gasteiger partial charge in [-0.2, -0.15) is 11.8 Å². The van der Waals surface area contributed by atoms with Crippen LogP contribution < -0.4 is 5.32 Å². The summed E-state index contributed by atoms with van der Waals surface area (Å²) in [5, 5.41) is 12.6. The second kappa shape index (κ2) is 13.5. The molecular formula is C25H39NO4S. The van der Waals surface area contributed by atoms with E-state index in [0.29, 0.717) is 18.6 Å². The summed E-state index contributed by atoms with van der Waals surface area (Å²) in [6, 6.07) is -0.584. The van der Waals surface area contributed by atoms with Gasteiger partial charge in [0.15, 0.2) is 0 Å². The van der Waals surface area contributed by atoms with Crippen molar-refractivity contribution in [3.8, 4) is 0 Å². The normalized spacial score (nSPS) is 16.3. The van der Waals surface area contributed by atoms with Crippen molar-refractivity contribution in [2.75, 3.05) is 18.6 Å². The van der Waals surface area contributed by atoms with E-state index in [-0.39, 0.29) is 5.76 Å². The van der Waals surface area contributed by atoms with Gasteiger partial charge in [0, 0.05) is 11.5 Å². The number of nitrogens with one attached hydrogen (secondary N) is 1. The van der Waals surface area contributed by atoms with E-state index in [1.54, 1.807) is 11.8 Å². The average molecular weight is 450 g/mol. The lowest BCUT2D eigenvalue weighted by atomic mass is 10.1. The zero-order valence-electron chi connectivity index (χ0n) is 19.8. The van der Waals surface area contributed by atoms with Crippen LogP contribution in [-0.2, 0) is 14.3 Å². The zero-order valence-corrected chi connectivity index (χ0v) is 20.6. The molecule has 1 unspecified atom stereocenters. The molecule has 174 valence electrons. The van der Waals surface area contributed by atoms with Gasteiger partial charge < -0.3 is 15.2 Å². The zero-order chi connectivity index (χ0) is 23.4. The first-order valence-electron chi connectivity index (χ1n) is 10.9. The third-order valence-corrected chi connectivity index (χ3v) is 6.40. The van der Waals surface area contributed by atoms with Crippen LogP contribution in [0.3, 0.4) is 0 Å². The van der Waals surface area contributed by atoms with E-state index in [1.165, 1.54) is 23.8 Å². The van der Waals surface area contributed by atoms with Gasteiger partial charge in [0.2, 0.25) is 5.91 Å². The van der Waals surface area contributed by atoms with Crippen LogP contribution in [0.2, 0.25) is 0 Å². The van der Waals surface area contributed by atoms with Crippen molar-refractivity contribution in [1.29, 1.82) is 0 Å². The molecule has 0 heterocycles. The summed E-state index contributed by atoms with van der Waals surface area (Å²) in [6.07, 6.45) is 12.0. The highest BCUT2D eigenvalue weighted by molar-refractivity contribution is 7.99. The Kier molecular flexibility index (Phi) is 11.8. The number of aliphatic hydroxyl groups excluding tert-OH is 1. The minimum Gasteiger partial charge on any atom is -0.511 e. The van der Waals surface area contributed by atoms with Crippen LogP contribution in [0, 0.1) is 5.41 Å². The fourth-order valence-corrected chi connectivity index (χ4v) is 4.14. The van der Waals surface area contributed by atoms with Crippen LogP contribution in [0.4, 0.5) is 0 Å². The molecule has 1 fully saturated rings. The van der Waals surface area contributed by atoms with Crippen molar-refractivity contribution in [3.05, 3.63) is 47.3 Å². The molecule has 0 aromatic rings. The number of allylic oxidation sites excluding steroid dienone is 5. The number of hydrogen-bond donors (Lipinski definition) is 2. The van der Waals surface area contributed by atoms with Crippen LogP contribution in [0.1, 0.15) is 66.2 Å². The van der Waals surface area contributed by atoms with Gasteiger partial charge in [-0.3, -0.25) is 9.59 Å². The number of esters is 1. The predicted octanol–water partition coefficient (Wildman–Crippen LogP) is 5.65. The van der Waals surface area contributed by atoms with E-state index in [1.807, 2.05) is 0 Å². The molecule has 1 atom stereocenters. The van der Waals surface area contributed by atoms with Crippen LogP contribution >= 0.6 is 11.8 Å². The molecular weight excluding hydrogens is 410 g/mol. The lowest BCUT2D eigenvalue weighted by molar-refractivity contribution is -0.152. The molecule has 2 N–H and O–H groups in total. The molecule has 0 spiro atoms. The highest BCUT2D eigenvalue weighted by Gasteiger charge is 2.58. The number of hydrogen-bond acceptors (Lipinski definition) is 5. The second-order valence-corrected chi connectivity index (χ2v) is 9.66. The van der Waals surface area contributed by atoms with Crippen molar-refractivity contribution < 1.29 is 19.4 Å². The number of aliphatic hydroxyl groups is 1. The summed E-state index contributed by atoms with van der Waals surface area (Å²) in [5.74, 6) is 0.275. The standard InChI is InChI=1S/C25H39NO4S/c1-18(2)9-7-10-19(3)11-8-12-20(4)13-16-31-17-22(21(5)27)26-23(28)25(14-15-25)24(29)30-6/h9,11,13,22,27H,5,7-8,10,12,14-17H2,1-4,6H3,(H,26,28)/b19-11+,20-13+. The Morgan fingerprint density at radius 1 is 1.10 bits per heavy atom. The number of thioether (sulfide) groups is 1. The fraction of sp³-hybridized carbons (Fsp3) is 0.600. The van der Waals surface area contributed by atoms with Crippen LogP contribution in [0.5, 0.6) is 0 Å². The maximum absolute atomic E-state index is 12.5. The highest BCUT2D eigenvalue weighted by atomic mass is 32.2. The van der Waals surface area contributed by atoms with Crippen molar-refractivity contribution in [3.63, 3.8) is 0 Å². The lowest BCUT2D eigenvalue weighted by Crippen LogP contribution is -2.45. The molecule has 0 aliphatic heterocycles. The number of rotatable bonds is 14. The molecule has 1 aliphatic carbocycles. The average Bonchev–Trinajstić information content (AvgIpc) is 3.51. The van der Waals surface area contributed by atoms with Gasteiger partial charge >= 0.3 is 5.97 Å². The van der Waals surface area contributed by atoms with E-state index in [4.69, 9.17) is 4.74 Å². The van der Waals surface area contributed by atoms with Gasteiger partial charge in [-0.15, -0.1) is 0 Å². The van der Waals surface area contributed by atoms with Gasteiger partial charge in [0.05, 0.1) is 13.2 Å². The van der Waals surface area contributed by atoms with E-state index in [9.17, 15) is 14.7 Å².